The van der Waals surface area contributed by atoms with Crippen LogP contribution in [-0.4, -0.2) is 54.8 Å². The number of ether oxygens (including phenoxy) is 2. The SMILES string of the molecule is ClCC1COCCN1CC1CCC2(CCCC2)O1. The summed E-state index contributed by atoms with van der Waals surface area (Å²) in [6.45, 7) is 3.67. The van der Waals surface area contributed by atoms with Crippen LogP contribution in [0.25, 0.3) is 0 Å². The molecule has 2 atom stereocenters. The predicted molar refractivity (Wildman–Crippen MR) is 72.2 cm³/mol. The first-order valence-electron chi connectivity index (χ1n) is 7.37. The van der Waals surface area contributed by atoms with Crippen LogP contribution in [-0.2, 0) is 9.47 Å². The average molecular weight is 274 g/mol. The van der Waals surface area contributed by atoms with Gasteiger partial charge in [-0.05, 0) is 25.7 Å². The fourth-order valence-electron chi connectivity index (χ4n) is 3.74. The van der Waals surface area contributed by atoms with Crippen LogP contribution in [0, 0.1) is 0 Å². The van der Waals surface area contributed by atoms with Crippen LogP contribution in [0.1, 0.15) is 38.5 Å². The Bertz CT molecular complexity index is 281. The summed E-state index contributed by atoms with van der Waals surface area (Å²) in [7, 11) is 0. The van der Waals surface area contributed by atoms with Crippen molar-refractivity contribution in [3.05, 3.63) is 0 Å². The summed E-state index contributed by atoms with van der Waals surface area (Å²) in [6.07, 6.45) is 8.20. The molecule has 2 unspecified atom stereocenters. The largest absolute Gasteiger partial charge is 0.378 e. The van der Waals surface area contributed by atoms with Crippen molar-refractivity contribution in [2.75, 3.05) is 32.2 Å². The van der Waals surface area contributed by atoms with Crippen LogP contribution in [0.4, 0.5) is 0 Å². The monoisotopic (exact) mass is 273 g/mol. The van der Waals surface area contributed by atoms with Gasteiger partial charge in [-0.1, -0.05) is 12.8 Å². The summed E-state index contributed by atoms with van der Waals surface area (Å²) in [6, 6.07) is 0.379. The third kappa shape index (κ3) is 2.69. The molecule has 4 heteroatoms. The summed E-state index contributed by atoms with van der Waals surface area (Å²) in [4.78, 5) is 2.47. The van der Waals surface area contributed by atoms with Crippen LogP contribution in [0.3, 0.4) is 0 Å². The summed E-state index contributed by atoms with van der Waals surface area (Å²) in [5.74, 6) is 0.665. The van der Waals surface area contributed by atoms with Gasteiger partial charge in [-0.2, -0.15) is 0 Å². The fourth-order valence-corrected chi connectivity index (χ4v) is 4.03. The lowest BCUT2D eigenvalue weighted by atomic mass is 9.98. The molecule has 3 aliphatic rings. The number of rotatable bonds is 3. The van der Waals surface area contributed by atoms with Gasteiger partial charge in [0, 0.05) is 25.0 Å². The van der Waals surface area contributed by atoms with Gasteiger partial charge in [-0.3, -0.25) is 4.90 Å². The third-order valence-corrected chi connectivity index (χ3v) is 5.18. The number of hydrogen-bond acceptors (Lipinski definition) is 3. The number of hydrogen-bond donors (Lipinski definition) is 0. The molecule has 0 radical (unpaired) electrons. The third-order valence-electron chi connectivity index (χ3n) is 4.82. The van der Waals surface area contributed by atoms with Crippen LogP contribution >= 0.6 is 11.6 Å². The number of morpholine rings is 1. The molecule has 2 aliphatic heterocycles. The van der Waals surface area contributed by atoms with E-state index < -0.39 is 0 Å². The molecule has 104 valence electrons. The first kappa shape index (κ1) is 13.2. The second-order valence-corrected chi connectivity index (χ2v) is 6.36. The number of halogens is 1. The van der Waals surface area contributed by atoms with Crippen molar-refractivity contribution in [1.29, 1.82) is 0 Å². The van der Waals surface area contributed by atoms with Crippen LogP contribution in [0.2, 0.25) is 0 Å². The number of nitrogens with zero attached hydrogens (tertiary/aromatic N) is 1. The van der Waals surface area contributed by atoms with E-state index >= 15 is 0 Å². The Morgan fingerprint density at radius 3 is 2.83 bits per heavy atom. The van der Waals surface area contributed by atoms with Gasteiger partial charge in [0.1, 0.15) is 0 Å². The molecule has 3 fully saturated rings. The van der Waals surface area contributed by atoms with Gasteiger partial charge in [0.15, 0.2) is 0 Å². The second kappa shape index (κ2) is 5.66. The van der Waals surface area contributed by atoms with Crippen LogP contribution < -0.4 is 0 Å². The highest BCUT2D eigenvalue weighted by atomic mass is 35.5. The van der Waals surface area contributed by atoms with Gasteiger partial charge in [0.05, 0.1) is 24.9 Å². The standard InChI is InChI=1S/C14H24ClNO2/c15-9-12-11-17-8-7-16(12)10-13-3-6-14(18-13)4-1-2-5-14/h12-13H,1-11H2. The molecule has 0 aromatic heterocycles. The van der Waals surface area contributed by atoms with Gasteiger partial charge in [-0.15, -0.1) is 11.6 Å². The first-order chi connectivity index (χ1) is 8.81. The minimum atomic E-state index is 0.257. The lowest BCUT2D eigenvalue weighted by molar-refractivity contribution is -0.0684. The Morgan fingerprint density at radius 2 is 2.06 bits per heavy atom. The van der Waals surface area contributed by atoms with E-state index in [2.05, 4.69) is 4.90 Å². The van der Waals surface area contributed by atoms with Crippen molar-refractivity contribution in [2.24, 2.45) is 0 Å². The van der Waals surface area contributed by atoms with E-state index in [9.17, 15) is 0 Å². The molecular weight excluding hydrogens is 250 g/mol. The first-order valence-corrected chi connectivity index (χ1v) is 7.90. The van der Waals surface area contributed by atoms with E-state index in [1.807, 2.05) is 0 Å². The van der Waals surface area contributed by atoms with Crippen molar-refractivity contribution < 1.29 is 9.47 Å². The van der Waals surface area contributed by atoms with E-state index in [-0.39, 0.29) is 5.60 Å². The van der Waals surface area contributed by atoms with Gasteiger partial charge >= 0.3 is 0 Å². The predicted octanol–water partition coefficient (Wildman–Crippen LogP) is 2.42. The Morgan fingerprint density at radius 1 is 1.22 bits per heavy atom. The van der Waals surface area contributed by atoms with Crippen molar-refractivity contribution in [3.63, 3.8) is 0 Å². The lowest BCUT2D eigenvalue weighted by Crippen LogP contribution is -2.49. The maximum atomic E-state index is 6.38. The maximum Gasteiger partial charge on any atom is 0.0710 e. The molecular formula is C14H24ClNO2. The summed E-state index contributed by atoms with van der Waals surface area (Å²) in [5, 5.41) is 0. The van der Waals surface area contributed by atoms with E-state index in [4.69, 9.17) is 21.1 Å². The van der Waals surface area contributed by atoms with Crippen molar-refractivity contribution in [3.8, 4) is 0 Å². The summed E-state index contributed by atoms with van der Waals surface area (Å²) in [5.41, 5.74) is 0.257. The van der Waals surface area contributed by atoms with E-state index in [1.54, 1.807) is 0 Å². The van der Waals surface area contributed by atoms with Gasteiger partial charge in [0.2, 0.25) is 0 Å². The van der Waals surface area contributed by atoms with E-state index in [0.29, 0.717) is 18.0 Å². The van der Waals surface area contributed by atoms with Crippen molar-refractivity contribution in [1.82, 2.24) is 4.90 Å². The van der Waals surface area contributed by atoms with Crippen molar-refractivity contribution in [2.45, 2.75) is 56.3 Å². The quantitative estimate of drug-likeness (QED) is 0.737. The molecule has 18 heavy (non-hydrogen) atoms. The highest BCUT2D eigenvalue weighted by molar-refractivity contribution is 6.18. The Kier molecular flexibility index (Phi) is 4.14. The molecule has 1 spiro atoms. The fraction of sp³-hybridized carbons (Fsp3) is 1.00. The van der Waals surface area contributed by atoms with Gasteiger partial charge < -0.3 is 9.47 Å². The molecule has 1 aliphatic carbocycles. The van der Waals surface area contributed by atoms with Gasteiger partial charge in [-0.25, -0.2) is 0 Å². The molecule has 0 bridgehead atoms. The summed E-state index contributed by atoms with van der Waals surface area (Å²) < 4.78 is 11.9. The smallest absolute Gasteiger partial charge is 0.0710 e. The highest BCUT2D eigenvalue weighted by Gasteiger charge is 2.42. The zero-order chi connectivity index (χ0) is 12.4. The molecule has 0 N–H and O–H groups in total. The Balaban J connectivity index is 1.53. The highest BCUT2D eigenvalue weighted by Crippen LogP contribution is 2.43. The molecule has 0 amide bonds. The molecule has 1 saturated carbocycles. The topological polar surface area (TPSA) is 21.7 Å². The van der Waals surface area contributed by atoms with E-state index in [0.717, 1.165) is 26.3 Å². The normalized spacial score (nSPS) is 36.5. The second-order valence-electron chi connectivity index (χ2n) is 6.05. The Labute approximate surface area is 115 Å². The zero-order valence-corrected chi connectivity index (χ0v) is 11.8. The number of alkyl halides is 1. The average Bonchev–Trinajstić information content (AvgIpc) is 3.01. The minimum absolute atomic E-state index is 0.257. The maximum absolute atomic E-state index is 6.38. The van der Waals surface area contributed by atoms with Crippen LogP contribution in [0.15, 0.2) is 0 Å². The Hall–Kier alpha value is 0.170. The lowest BCUT2D eigenvalue weighted by Gasteiger charge is -2.36. The van der Waals surface area contributed by atoms with Crippen LogP contribution in [0.5, 0.6) is 0 Å². The molecule has 3 rings (SSSR count). The molecule has 0 aromatic carbocycles. The molecule has 2 heterocycles. The molecule has 2 saturated heterocycles. The molecule has 0 aromatic rings. The van der Waals surface area contributed by atoms with Crippen molar-refractivity contribution >= 4 is 11.6 Å². The van der Waals surface area contributed by atoms with Gasteiger partial charge in [0.25, 0.3) is 0 Å². The molecule has 3 nitrogen and oxygen atoms in total. The zero-order valence-electron chi connectivity index (χ0n) is 11.1. The summed E-state index contributed by atoms with van der Waals surface area (Å²) >= 11 is 6.02. The van der Waals surface area contributed by atoms with E-state index in [1.165, 1.54) is 38.5 Å². The minimum Gasteiger partial charge on any atom is -0.378 e.